The second-order valence-corrected chi connectivity index (χ2v) is 8.69. The molecule has 0 bridgehead atoms. The lowest BCUT2D eigenvalue weighted by molar-refractivity contribution is 0.0625. The van der Waals surface area contributed by atoms with Crippen LogP contribution in [0.3, 0.4) is 0 Å². The zero-order chi connectivity index (χ0) is 14.9. The van der Waals surface area contributed by atoms with E-state index < -0.39 is 10.0 Å². The van der Waals surface area contributed by atoms with Gasteiger partial charge in [-0.1, -0.05) is 19.1 Å². The number of hydrogen-bond donors (Lipinski definition) is 0. The third kappa shape index (κ3) is 2.99. The summed E-state index contributed by atoms with van der Waals surface area (Å²) in [5.41, 5.74) is 1.06. The van der Waals surface area contributed by atoms with Crippen molar-refractivity contribution in [2.75, 3.05) is 25.5 Å². The van der Waals surface area contributed by atoms with E-state index in [9.17, 15) is 8.42 Å². The predicted octanol–water partition coefficient (Wildman–Crippen LogP) is 2.14. The van der Waals surface area contributed by atoms with Crippen molar-refractivity contribution in [3.05, 3.63) is 29.8 Å². The molecular weight excluding hydrogens is 306 g/mol. The topological polar surface area (TPSA) is 46.6 Å². The van der Waals surface area contributed by atoms with Crippen LogP contribution in [0.4, 0.5) is 0 Å². The molecule has 0 radical (unpaired) electrons. The Balaban J connectivity index is 1.92. The Morgan fingerprint density at radius 1 is 1.43 bits per heavy atom. The molecule has 2 aliphatic heterocycles. The number of hydrogen-bond acceptors (Lipinski definition) is 4. The Kier molecular flexibility index (Phi) is 4.59. The zero-order valence-corrected chi connectivity index (χ0v) is 13.8. The first-order valence-corrected chi connectivity index (χ1v) is 9.92. The van der Waals surface area contributed by atoms with E-state index in [2.05, 4.69) is 0 Å². The second kappa shape index (κ2) is 6.28. The zero-order valence-electron chi connectivity index (χ0n) is 12.2. The number of sulfonamides is 1. The third-order valence-corrected chi connectivity index (χ3v) is 7.41. The molecule has 0 spiro atoms. The SMILES string of the molecule is CCc1cccc(S(=O)(=O)N2CCSC3COCCC32)c1. The summed E-state index contributed by atoms with van der Waals surface area (Å²) in [6, 6.07) is 7.41. The molecule has 0 aromatic heterocycles. The molecule has 0 saturated carbocycles. The molecule has 2 fully saturated rings. The summed E-state index contributed by atoms with van der Waals surface area (Å²) in [6.07, 6.45) is 1.64. The molecule has 3 rings (SSSR count). The number of thioether (sulfide) groups is 1. The number of ether oxygens (including phenoxy) is 1. The lowest BCUT2D eigenvalue weighted by Gasteiger charge is -2.42. The summed E-state index contributed by atoms with van der Waals surface area (Å²) in [6.45, 7) is 3.96. The largest absolute Gasteiger partial charge is 0.380 e. The van der Waals surface area contributed by atoms with E-state index in [1.165, 1.54) is 0 Å². The molecule has 2 unspecified atom stereocenters. The van der Waals surface area contributed by atoms with Gasteiger partial charge in [0.15, 0.2) is 0 Å². The first-order valence-electron chi connectivity index (χ1n) is 7.43. The van der Waals surface area contributed by atoms with Crippen LogP contribution in [0.5, 0.6) is 0 Å². The van der Waals surface area contributed by atoms with Gasteiger partial charge in [-0.2, -0.15) is 16.1 Å². The van der Waals surface area contributed by atoms with Gasteiger partial charge in [-0.15, -0.1) is 0 Å². The molecule has 2 saturated heterocycles. The number of nitrogens with zero attached hydrogens (tertiary/aromatic N) is 1. The van der Waals surface area contributed by atoms with E-state index >= 15 is 0 Å². The fourth-order valence-corrected chi connectivity index (χ4v) is 6.27. The summed E-state index contributed by atoms with van der Waals surface area (Å²) in [5, 5.41) is 0.275. The highest BCUT2D eigenvalue weighted by Crippen LogP contribution is 2.34. The van der Waals surface area contributed by atoms with Gasteiger partial charge in [-0.3, -0.25) is 0 Å². The van der Waals surface area contributed by atoms with Crippen LogP contribution in [-0.4, -0.2) is 49.5 Å². The van der Waals surface area contributed by atoms with E-state index in [0.29, 0.717) is 24.7 Å². The number of rotatable bonds is 3. The van der Waals surface area contributed by atoms with Crippen LogP contribution in [0.2, 0.25) is 0 Å². The van der Waals surface area contributed by atoms with Crippen molar-refractivity contribution in [1.29, 1.82) is 0 Å². The van der Waals surface area contributed by atoms with Gasteiger partial charge in [0, 0.05) is 30.2 Å². The fourth-order valence-electron chi connectivity index (χ4n) is 3.01. The molecule has 116 valence electrons. The molecular formula is C15H21NO3S2. The highest BCUT2D eigenvalue weighted by atomic mass is 32.2. The van der Waals surface area contributed by atoms with Crippen LogP contribution < -0.4 is 0 Å². The standard InChI is InChI=1S/C15H21NO3S2/c1-2-12-4-3-5-13(10-12)21(17,18)16-7-9-20-15-11-19-8-6-14(15)16/h3-5,10,14-15H,2,6-9,11H2,1H3. The highest BCUT2D eigenvalue weighted by molar-refractivity contribution is 8.00. The molecule has 0 aliphatic carbocycles. The minimum absolute atomic E-state index is 0.0767. The van der Waals surface area contributed by atoms with Crippen LogP contribution in [-0.2, 0) is 21.2 Å². The Labute approximate surface area is 130 Å². The number of benzene rings is 1. The maximum atomic E-state index is 13.0. The normalized spacial score (nSPS) is 27.3. The van der Waals surface area contributed by atoms with Crippen molar-refractivity contribution in [2.45, 2.75) is 36.0 Å². The number of fused-ring (bicyclic) bond motifs is 1. The van der Waals surface area contributed by atoms with Gasteiger partial charge >= 0.3 is 0 Å². The maximum Gasteiger partial charge on any atom is 0.243 e. The molecule has 1 aromatic rings. The van der Waals surface area contributed by atoms with Gasteiger partial charge in [0.25, 0.3) is 0 Å². The van der Waals surface area contributed by atoms with Gasteiger partial charge in [-0.05, 0) is 30.5 Å². The molecule has 2 aliphatic rings. The van der Waals surface area contributed by atoms with E-state index in [1.54, 1.807) is 10.4 Å². The Bertz CT molecular complexity index is 601. The molecule has 21 heavy (non-hydrogen) atoms. The first-order chi connectivity index (χ1) is 10.1. The average Bonchev–Trinajstić information content (AvgIpc) is 2.54. The molecule has 2 heterocycles. The van der Waals surface area contributed by atoms with E-state index in [1.807, 2.05) is 36.9 Å². The molecule has 6 heteroatoms. The Hall–Kier alpha value is -0.560. The molecule has 0 amide bonds. The van der Waals surface area contributed by atoms with E-state index in [0.717, 1.165) is 24.2 Å². The Morgan fingerprint density at radius 3 is 3.10 bits per heavy atom. The minimum Gasteiger partial charge on any atom is -0.380 e. The average molecular weight is 327 g/mol. The van der Waals surface area contributed by atoms with Gasteiger partial charge in [0.05, 0.1) is 11.5 Å². The molecule has 4 nitrogen and oxygen atoms in total. The van der Waals surface area contributed by atoms with Crippen LogP contribution in [0.1, 0.15) is 18.9 Å². The Morgan fingerprint density at radius 2 is 2.29 bits per heavy atom. The highest BCUT2D eigenvalue weighted by Gasteiger charge is 2.40. The van der Waals surface area contributed by atoms with E-state index in [-0.39, 0.29) is 11.3 Å². The predicted molar refractivity (Wildman–Crippen MR) is 85.2 cm³/mol. The lowest BCUT2D eigenvalue weighted by atomic mass is 10.1. The lowest BCUT2D eigenvalue weighted by Crippen LogP contribution is -2.54. The van der Waals surface area contributed by atoms with Crippen LogP contribution >= 0.6 is 11.8 Å². The second-order valence-electron chi connectivity index (χ2n) is 5.46. The van der Waals surface area contributed by atoms with E-state index in [4.69, 9.17) is 4.74 Å². The number of aryl methyl sites for hydroxylation is 1. The summed E-state index contributed by atoms with van der Waals surface area (Å²) in [4.78, 5) is 0.430. The van der Waals surface area contributed by atoms with Crippen molar-refractivity contribution in [3.63, 3.8) is 0 Å². The van der Waals surface area contributed by atoms with Crippen molar-refractivity contribution >= 4 is 21.8 Å². The smallest absolute Gasteiger partial charge is 0.243 e. The van der Waals surface area contributed by atoms with Gasteiger partial charge in [-0.25, -0.2) is 8.42 Å². The van der Waals surface area contributed by atoms with Crippen LogP contribution in [0, 0.1) is 0 Å². The van der Waals surface area contributed by atoms with Crippen molar-refractivity contribution < 1.29 is 13.2 Å². The minimum atomic E-state index is -3.40. The molecule has 1 aromatic carbocycles. The monoisotopic (exact) mass is 327 g/mol. The first kappa shape index (κ1) is 15.3. The summed E-state index contributed by atoms with van der Waals surface area (Å²) < 4.78 is 33.2. The van der Waals surface area contributed by atoms with Crippen LogP contribution in [0.25, 0.3) is 0 Å². The summed E-state index contributed by atoms with van der Waals surface area (Å²) in [5.74, 6) is 0.844. The summed E-state index contributed by atoms with van der Waals surface area (Å²) >= 11 is 1.84. The van der Waals surface area contributed by atoms with Gasteiger partial charge < -0.3 is 4.74 Å². The van der Waals surface area contributed by atoms with Crippen molar-refractivity contribution in [2.24, 2.45) is 0 Å². The van der Waals surface area contributed by atoms with Gasteiger partial charge in [0.1, 0.15) is 0 Å². The molecule has 0 N–H and O–H groups in total. The van der Waals surface area contributed by atoms with Crippen molar-refractivity contribution in [1.82, 2.24) is 4.31 Å². The third-order valence-electron chi connectivity index (χ3n) is 4.20. The van der Waals surface area contributed by atoms with Crippen LogP contribution in [0.15, 0.2) is 29.2 Å². The quantitative estimate of drug-likeness (QED) is 0.853. The summed E-state index contributed by atoms with van der Waals surface area (Å²) in [7, 11) is -3.40. The molecule has 2 atom stereocenters. The van der Waals surface area contributed by atoms with Gasteiger partial charge in [0.2, 0.25) is 10.0 Å². The fraction of sp³-hybridized carbons (Fsp3) is 0.600. The van der Waals surface area contributed by atoms with Crippen molar-refractivity contribution in [3.8, 4) is 0 Å². The maximum absolute atomic E-state index is 13.0.